The Morgan fingerprint density at radius 3 is 2.75 bits per heavy atom. The first-order valence-corrected chi connectivity index (χ1v) is 11.7. The van der Waals surface area contributed by atoms with Gasteiger partial charge < -0.3 is 14.6 Å². The van der Waals surface area contributed by atoms with E-state index in [2.05, 4.69) is 10.3 Å². The van der Waals surface area contributed by atoms with Gasteiger partial charge >= 0.3 is 0 Å². The van der Waals surface area contributed by atoms with Crippen LogP contribution in [-0.4, -0.2) is 43.3 Å². The summed E-state index contributed by atoms with van der Waals surface area (Å²) in [5.74, 6) is -0.183. The Morgan fingerprint density at radius 2 is 2.18 bits per heavy atom. The number of nitrogens with zero attached hydrogens (tertiary/aromatic N) is 2. The Bertz CT molecular complexity index is 1010. The molecule has 152 valence electrons. The first-order valence-electron chi connectivity index (χ1n) is 8.66. The van der Waals surface area contributed by atoms with Crippen LogP contribution in [0.2, 0.25) is 4.34 Å². The van der Waals surface area contributed by atoms with Crippen molar-refractivity contribution in [1.29, 1.82) is 0 Å². The molecule has 1 saturated heterocycles. The molecule has 1 atom stereocenters. The SMILES string of the molecule is CS(=O)(=O)c1ccn([C@H](CC2CCOCC2)C(=O)Nc2ncc(Cl)s2)c(=O)c1. The molecule has 28 heavy (non-hydrogen) atoms. The van der Waals surface area contributed by atoms with Gasteiger partial charge in [0.25, 0.3) is 5.56 Å². The molecule has 0 radical (unpaired) electrons. The number of sulfone groups is 1. The zero-order valence-corrected chi connectivity index (χ0v) is 17.5. The number of aromatic nitrogens is 2. The maximum Gasteiger partial charge on any atom is 0.252 e. The number of anilines is 1. The minimum Gasteiger partial charge on any atom is -0.381 e. The van der Waals surface area contributed by atoms with Crippen LogP contribution in [0.4, 0.5) is 5.13 Å². The second-order valence-corrected chi connectivity index (χ2v) is 10.3. The highest BCUT2D eigenvalue weighted by atomic mass is 35.5. The fourth-order valence-corrected chi connectivity index (χ4v) is 4.54. The van der Waals surface area contributed by atoms with Gasteiger partial charge in [-0.25, -0.2) is 13.4 Å². The third kappa shape index (κ3) is 5.19. The van der Waals surface area contributed by atoms with E-state index in [4.69, 9.17) is 16.3 Å². The number of pyridine rings is 1. The number of nitrogens with one attached hydrogen (secondary N) is 1. The molecule has 0 spiro atoms. The van der Waals surface area contributed by atoms with Crippen molar-refractivity contribution in [1.82, 2.24) is 9.55 Å². The molecule has 3 heterocycles. The number of ether oxygens (including phenoxy) is 1. The summed E-state index contributed by atoms with van der Waals surface area (Å²) >= 11 is 6.98. The summed E-state index contributed by atoms with van der Waals surface area (Å²) in [7, 11) is -3.51. The van der Waals surface area contributed by atoms with Crippen LogP contribution in [0.1, 0.15) is 25.3 Å². The molecule has 2 aromatic heterocycles. The number of halogens is 1. The number of thiazole rings is 1. The van der Waals surface area contributed by atoms with Gasteiger partial charge in [0.15, 0.2) is 15.0 Å². The molecule has 1 amide bonds. The average molecular weight is 446 g/mol. The molecular weight excluding hydrogens is 426 g/mol. The van der Waals surface area contributed by atoms with Gasteiger partial charge in [0.1, 0.15) is 10.4 Å². The Balaban J connectivity index is 1.90. The van der Waals surface area contributed by atoms with Gasteiger partial charge in [-0.15, -0.1) is 0 Å². The zero-order valence-electron chi connectivity index (χ0n) is 15.1. The molecule has 0 saturated carbocycles. The van der Waals surface area contributed by atoms with Crippen molar-refractivity contribution in [2.24, 2.45) is 5.92 Å². The highest BCUT2D eigenvalue weighted by Crippen LogP contribution is 2.28. The van der Waals surface area contributed by atoms with Gasteiger partial charge in [-0.1, -0.05) is 22.9 Å². The molecule has 2 aromatic rings. The first-order chi connectivity index (χ1) is 13.2. The van der Waals surface area contributed by atoms with E-state index < -0.39 is 27.3 Å². The fraction of sp³-hybridized carbons (Fsp3) is 0.471. The molecule has 11 heteroatoms. The fourth-order valence-electron chi connectivity index (χ4n) is 3.11. The van der Waals surface area contributed by atoms with Gasteiger partial charge in [0, 0.05) is 31.7 Å². The van der Waals surface area contributed by atoms with Crippen molar-refractivity contribution in [2.75, 3.05) is 24.8 Å². The van der Waals surface area contributed by atoms with Gasteiger partial charge in [0.05, 0.1) is 11.1 Å². The van der Waals surface area contributed by atoms with Crippen molar-refractivity contribution in [3.05, 3.63) is 39.2 Å². The summed E-state index contributed by atoms with van der Waals surface area (Å²) in [6.45, 7) is 1.23. The standard InChI is InChI=1S/C17H20ClN3O5S2/c1-28(24,25)12-2-5-21(15(22)9-12)13(8-11-3-6-26-7-4-11)16(23)20-17-19-10-14(18)27-17/h2,5,9-11,13H,3-4,6-8H2,1H3,(H,19,20,23)/t13-/m1/s1. The number of rotatable bonds is 6. The largest absolute Gasteiger partial charge is 0.381 e. The molecule has 1 fully saturated rings. The highest BCUT2D eigenvalue weighted by Gasteiger charge is 2.28. The van der Waals surface area contributed by atoms with Crippen molar-refractivity contribution in [2.45, 2.75) is 30.2 Å². The van der Waals surface area contributed by atoms with Crippen molar-refractivity contribution in [3.63, 3.8) is 0 Å². The van der Waals surface area contributed by atoms with Crippen LogP contribution in [-0.2, 0) is 19.4 Å². The predicted octanol–water partition coefficient (Wildman–Crippen LogP) is 2.36. The van der Waals surface area contributed by atoms with Crippen LogP contribution in [0, 0.1) is 5.92 Å². The number of hydrogen-bond acceptors (Lipinski definition) is 7. The molecule has 8 nitrogen and oxygen atoms in total. The van der Waals surface area contributed by atoms with Crippen LogP contribution in [0.15, 0.2) is 34.2 Å². The number of carbonyl (C=O) groups excluding carboxylic acids is 1. The van der Waals surface area contributed by atoms with Crippen LogP contribution < -0.4 is 10.9 Å². The maximum atomic E-state index is 12.9. The molecule has 1 N–H and O–H groups in total. The lowest BCUT2D eigenvalue weighted by atomic mass is 9.92. The first kappa shape index (κ1) is 21.0. The van der Waals surface area contributed by atoms with Crippen molar-refractivity contribution in [3.8, 4) is 0 Å². The minimum absolute atomic E-state index is 0.0781. The third-order valence-electron chi connectivity index (χ3n) is 4.59. The number of hydrogen-bond donors (Lipinski definition) is 1. The van der Waals surface area contributed by atoms with E-state index in [-0.39, 0.29) is 10.8 Å². The summed E-state index contributed by atoms with van der Waals surface area (Å²) < 4.78 is 30.5. The Hall–Kier alpha value is -1.75. The quantitative estimate of drug-likeness (QED) is 0.731. The van der Waals surface area contributed by atoms with Crippen LogP contribution >= 0.6 is 22.9 Å². The van der Waals surface area contributed by atoms with E-state index in [1.54, 1.807) is 0 Å². The van der Waals surface area contributed by atoms with Gasteiger partial charge in [-0.2, -0.15) is 0 Å². The lowest BCUT2D eigenvalue weighted by molar-refractivity contribution is -0.120. The van der Waals surface area contributed by atoms with Gasteiger partial charge in [-0.05, 0) is 31.2 Å². The van der Waals surface area contributed by atoms with E-state index >= 15 is 0 Å². The second-order valence-electron chi connectivity index (χ2n) is 6.65. The third-order valence-corrected chi connectivity index (χ3v) is 6.73. The van der Waals surface area contributed by atoms with Crippen LogP contribution in [0.3, 0.4) is 0 Å². The highest BCUT2D eigenvalue weighted by molar-refractivity contribution is 7.90. The van der Waals surface area contributed by atoms with E-state index in [0.29, 0.717) is 29.1 Å². The van der Waals surface area contributed by atoms with E-state index in [0.717, 1.165) is 36.5 Å². The number of carbonyl (C=O) groups is 1. The van der Waals surface area contributed by atoms with Crippen molar-refractivity contribution < 1.29 is 17.9 Å². The molecular formula is C17H20ClN3O5S2. The van der Waals surface area contributed by atoms with E-state index in [1.165, 1.54) is 23.0 Å². The summed E-state index contributed by atoms with van der Waals surface area (Å²) in [5.41, 5.74) is -0.549. The molecule has 1 aliphatic heterocycles. The Morgan fingerprint density at radius 1 is 1.46 bits per heavy atom. The monoisotopic (exact) mass is 445 g/mol. The normalized spacial score (nSPS) is 16.6. The smallest absolute Gasteiger partial charge is 0.252 e. The molecule has 0 aromatic carbocycles. The summed E-state index contributed by atoms with van der Waals surface area (Å²) in [4.78, 5) is 29.5. The summed E-state index contributed by atoms with van der Waals surface area (Å²) in [6, 6.07) is 1.58. The van der Waals surface area contributed by atoms with Crippen molar-refractivity contribution >= 4 is 43.8 Å². The topological polar surface area (TPSA) is 107 Å². The summed E-state index contributed by atoms with van der Waals surface area (Å²) in [6.07, 6.45) is 5.85. The predicted molar refractivity (Wildman–Crippen MR) is 107 cm³/mol. The molecule has 1 aliphatic rings. The average Bonchev–Trinajstić information content (AvgIpc) is 3.04. The lowest BCUT2D eigenvalue weighted by Gasteiger charge is -2.27. The minimum atomic E-state index is -3.51. The maximum absolute atomic E-state index is 12.9. The van der Waals surface area contributed by atoms with Gasteiger partial charge in [0.2, 0.25) is 5.91 Å². The Labute approximate surface area is 171 Å². The lowest BCUT2D eigenvalue weighted by Crippen LogP contribution is -2.35. The zero-order chi connectivity index (χ0) is 20.3. The number of amides is 1. The summed E-state index contributed by atoms with van der Waals surface area (Å²) in [5, 5.41) is 3.04. The molecule has 0 unspecified atom stereocenters. The van der Waals surface area contributed by atoms with Crippen LogP contribution in [0.25, 0.3) is 0 Å². The van der Waals surface area contributed by atoms with E-state index in [1.807, 2.05) is 0 Å². The molecule has 3 rings (SSSR count). The second kappa shape index (κ2) is 8.73. The molecule has 0 bridgehead atoms. The van der Waals surface area contributed by atoms with Gasteiger partial charge in [-0.3, -0.25) is 9.59 Å². The van der Waals surface area contributed by atoms with E-state index in [9.17, 15) is 18.0 Å². The molecule has 0 aliphatic carbocycles. The Kier molecular flexibility index (Phi) is 6.54. The van der Waals surface area contributed by atoms with Crippen LogP contribution in [0.5, 0.6) is 0 Å².